The summed E-state index contributed by atoms with van der Waals surface area (Å²) >= 11 is 3.68. The highest BCUT2D eigenvalue weighted by Gasteiger charge is 2.43. The molecule has 200 valence electrons. The zero-order valence-corrected chi connectivity index (χ0v) is 30.2. The normalized spacial score (nSPS) is 12.1. The molecule has 0 aliphatic rings. The van der Waals surface area contributed by atoms with Crippen LogP contribution in [0, 0.1) is 45.1 Å². The second kappa shape index (κ2) is 14.1. The lowest BCUT2D eigenvalue weighted by atomic mass is 10.2. The highest BCUT2D eigenvalue weighted by molar-refractivity contribution is 9.10. The maximum Gasteiger partial charge on any atom is 0.221 e. The molecule has 0 N–H and O–H groups in total. The van der Waals surface area contributed by atoms with Crippen molar-refractivity contribution in [3.63, 3.8) is 0 Å². The van der Waals surface area contributed by atoms with Crippen molar-refractivity contribution in [1.82, 2.24) is 0 Å². The molecular weight excluding hydrogens is 561 g/mol. The summed E-state index contributed by atoms with van der Waals surface area (Å²) in [5.74, 6) is 6.81. The second-order valence-electron chi connectivity index (χ2n) is 12.1. The molecule has 0 saturated carbocycles. The fourth-order valence-electron chi connectivity index (χ4n) is 5.18. The summed E-state index contributed by atoms with van der Waals surface area (Å²) in [6.07, 6.45) is 0. The molecule has 0 amide bonds. The van der Waals surface area contributed by atoms with E-state index in [1.807, 2.05) is 13.0 Å². The zero-order chi connectivity index (χ0) is 28.6. The van der Waals surface area contributed by atoms with E-state index in [0.29, 0.717) is 33.2 Å². The summed E-state index contributed by atoms with van der Waals surface area (Å²) in [4.78, 5) is 0. The average molecular weight is 610 g/mol. The van der Waals surface area contributed by atoms with Crippen LogP contribution >= 0.6 is 15.9 Å². The van der Waals surface area contributed by atoms with Crippen molar-refractivity contribution in [2.24, 2.45) is 0 Å². The van der Waals surface area contributed by atoms with Gasteiger partial charge in [-0.3, -0.25) is 0 Å². The molecule has 0 atom stereocenters. The predicted octanol–water partition coefficient (Wildman–Crippen LogP) is 9.87. The molecule has 0 saturated heterocycles. The number of halogens is 1. The highest BCUT2D eigenvalue weighted by Crippen LogP contribution is 2.36. The fraction of sp³-hybridized carbons (Fsp3) is 0.576. The van der Waals surface area contributed by atoms with Gasteiger partial charge in [0, 0.05) is 10.0 Å². The molecule has 0 bridgehead atoms. The van der Waals surface area contributed by atoms with Crippen LogP contribution < -0.4 is 0 Å². The molecule has 0 nitrogen and oxygen atoms in total. The molecular formula is C33H49BrSi3. The van der Waals surface area contributed by atoms with Gasteiger partial charge in [-0.2, -0.15) is 0 Å². The van der Waals surface area contributed by atoms with Crippen LogP contribution in [-0.4, -0.2) is 24.2 Å². The van der Waals surface area contributed by atoms with E-state index in [1.165, 1.54) is 0 Å². The molecule has 0 aliphatic heterocycles. The van der Waals surface area contributed by atoms with Crippen molar-refractivity contribution in [3.05, 3.63) is 34.3 Å². The van der Waals surface area contributed by atoms with Crippen LogP contribution in [0.4, 0.5) is 0 Å². The Labute approximate surface area is 241 Å². The first-order valence-corrected chi connectivity index (χ1v) is 21.2. The minimum Gasteiger partial charge on any atom is -0.121 e. The summed E-state index contributed by atoms with van der Waals surface area (Å²) in [5.41, 5.74) is 27.2. The molecule has 0 radical (unpaired) electrons. The number of benzene rings is 1. The Morgan fingerprint density at radius 3 is 1.16 bits per heavy atom. The largest absolute Gasteiger partial charge is 0.221 e. The molecule has 4 heteroatoms. The van der Waals surface area contributed by atoms with Crippen LogP contribution in [-0.2, 0) is 0 Å². The van der Waals surface area contributed by atoms with Crippen LogP contribution in [0.15, 0.2) is 28.7 Å². The van der Waals surface area contributed by atoms with Crippen molar-refractivity contribution in [2.75, 3.05) is 0 Å². The lowest BCUT2D eigenvalue weighted by Gasteiger charge is -2.33. The number of hydrogen-bond acceptors (Lipinski definition) is 0. The van der Waals surface area contributed by atoms with Gasteiger partial charge in [-0.05, 0) is 68.2 Å². The van der Waals surface area contributed by atoms with E-state index in [-0.39, 0.29) is 0 Å². The van der Waals surface area contributed by atoms with E-state index in [1.54, 1.807) is 0 Å². The van der Waals surface area contributed by atoms with Crippen LogP contribution in [0.3, 0.4) is 0 Å². The number of hydrogen-bond donors (Lipinski definition) is 0. The Morgan fingerprint density at radius 1 is 0.514 bits per heavy atom. The molecule has 0 unspecified atom stereocenters. The smallest absolute Gasteiger partial charge is 0.121 e. The standard InChI is InChI=1S/C33H49BrSi3/c1-14-20-35(26(2)3,27(4)5)22-24-37(30(10)11,31(12)13)25-23-36(28(6)7,29(8)9)21-19-32-17-15-16-18-33(32)34/h15-18,26-31H,1-13H3. The SMILES string of the molecule is CC#C[Si](C#C[Si](C#C[Si](C#Cc1ccccc1Br)(C(C)C)C(C)C)(C(C)C)C(C)C)(C(C)C)C(C)C. The summed E-state index contributed by atoms with van der Waals surface area (Å²) in [7, 11) is -6.70. The van der Waals surface area contributed by atoms with Crippen LogP contribution in [0.1, 0.15) is 95.6 Å². The molecule has 37 heavy (non-hydrogen) atoms. The summed E-state index contributed by atoms with van der Waals surface area (Å²) in [6, 6.07) is 8.24. The maximum atomic E-state index is 4.02. The van der Waals surface area contributed by atoms with Gasteiger partial charge in [0.1, 0.15) is 0 Å². The van der Waals surface area contributed by atoms with Gasteiger partial charge in [0.2, 0.25) is 24.2 Å². The summed E-state index contributed by atoms with van der Waals surface area (Å²) < 4.78 is 1.05. The van der Waals surface area contributed by atoms with Crippen molar-refractivity contribution in [3.8, 4) is 45.1 Å². The van der Waals surface area contributed by atoms with Crippen LogP contribution in [0.5, 0.6) is 0 Å². The topological polar surface area (TPSA) is 0 Å². The fourth-order valence-corrected chi connectivity index (χ4v) is 17.3. The van der Waals surface area contributed by atoms with Crippen LogP contribution in [0.25, 0.3) is 0 Å². The monoisotopic (exact) mass is 608 g/mol. The van der Waals surface area contributed by atoms with Gasteiger partial charge in [0.15, 0.2) is 0 Å². The van der Waals surface area contributed by atoms with Gasteiger partial charge < -0.3 is 0 Å². The van der Waals surface area contributed by atoms with Crippen LogP contribution in [0.2, 0.25) is 33.2 Å². The first-order chi connectivity index (χ1) is 17.1. The van der Waals surface area contributed by atoms with Crippen molar-refractivity contribution < 1.29 is 0 Å². The van der Waals surface area contributed by atoms with Crippen molar-refractivity contribution >= 4 is 40.2 Å². The van der Waals surface area contributed by atoms with Gasteiger partial charge in [-0.25, -0.2) is 0 Å². The van der Waals surface area contributed by atoms with E-state index in [4.69, 9.17) is 0 Å². The Bertz CT molecular complexity index is 1130. The van der Waals surface area contributed by atoms with Gasteiger partial charge in [-0.15, -0.1) is 39.2 Å². The molecule has 0 fully saturated rings. The Kier molecular flexibility index (Phi) is 12.8. The lowest BCUT2D eigenvalue weighted by Crippen LogP contribution is -2.45. The van der Waals surface area contributed by atoms with E-state index in [0.717, 1.165) is 10.0 Å². The third-order valence-corrected chi connectivity index (χ3v) is 23.5. The van der Waals surface area contributed by atoms with Gasteiger partial charge in [0.25, 0.3) is 0 Å². The molecule has 1 aromatic rings. The molecule has 0 heterocycles. The molecule has 1 rings (SSSR count). The van der Waals surface area contributed by atoms with E-state index >= 15 is 0 Å². The Morgan fingerprint density at radius 2 is 0.838 bits per heavy atom. The van der Waals surface area contributed by atoms with E-state index in [2.05, 4.69) is 162 Å². The molecule has 0 spiro atoms. The predicted molar refractivity (Wildman–Crippen MR) is 178 cm³/mol. The minimum absolute atomic E-state index is 0.430. The zero-order valence-electron chi connectivity index (χ0n) is 25.7. The van der Waals surface area contributed by atoms with Gasteiger partial charge in [0.05, 0.1) is 0 Å². The van der Waals surface area contributed by atoms with E-state index in [9.17, 15) is 0 Å². The molecule has 0 aromatic heterocycles. The molecule has 1 aromatic carbocycles. The second-order valence-corrected chi connectivity index (χ2v) is 26.6. The third kappa shape index (κ3) is 7.59. The van der Waals surface area contributed by atoms with Crippen molar-refractivity contribution in [2.45, 2.75) is 123 Å². The first kappa shape index (κ1) is 33.6. The van der Waals surface area contributed by atoms with Gasteiger partial charge in [-0.1, -0.05) is 101 Å². The highest BCUT2D eigenvalue weighted by atomic mass is 79.9. The minimum atomic E-state index is -2.30. The summed E-state index contributed by atoms with van der Waals surface area (Å²) in [5, 5.41) is 0. The third-order valence-electron chi connectivity index (χ3n) is 8.03. The van der Waals surface area contributed by atoms with Crippen molar-refractivity contribution in [1.29, 1.82) is 0 Å². The first-order valence-electron chi connectivity index (χ1n) is 13.9. The lowest BCUT2D eigenvalue weighted by molar-refractivity contribution is 0.928. The maximum absolute atomic E-state index is 4.02. The quantitative estimate of drug-likeness (QED) is 0.222. The Hall–Kier alpha value is -1.41. The average Bonchev–Trinajstić information content (AvgIpc) is 2.79. The summed E-state index contributed by atoms with van der Waals surface area (Å²) in [6.45, 7) is 29.9. The van der Waals surface area contributed by atoms with Gasteiger partial charge >= 0.3 is 0 Å². The Balaban J connectivity index is 3.98. The molecule has 0 aliphatic carbocycles. The van der Waals surface area contributed by atoms with E-state index < -0.39 is 24.2 Å². The number of rotatable bonds is 6.